The Morgan fingerprint density at radius 3 is 2.38 bits per heavy atom. The minimum Gasteiger partial charge on any atom is -0.497 e. The maximum absolute atomic E-state index is 14.5. The number of aromatic nitrogens is 2. The maximum Gasteiger partial charge on any atom is 0.408 e. The summed E-state index contributed by atoms with van der Waals surface area (Å²) >= 11 is 1.46. The molecule has 1 saturated carbocycles. The molecule has 15 heteroatoms. The third-order valence-electron chi connectivity index (χ3n) is 9.40. The summed E-state index contributed by atoms with van der Waals surface area (Å²) in [4.78, 5) is 64.9. The summed E-state index contributed by atoms with van der Waals surface area (Å²) < 4.78 is 17.6. The number of benzene rings is 1. The number of nitrogens with zero attached hydrogens (tertiary/aromatic N) is 3. The van der Waals surface area contributed by atoms with Crippen LogP contribution in [0, 0.1) is 11.3 Å². The lowest BCUT2D eigenvalue weighted by Crippen LogP contribution is -2.59. The van der Waals surface area contributed by atoms with E-state index in [4.69, 9.17) is 24.2 Å². The van der Waals surface area contributed by atoms with Crippen molar-refractivity contribution in [1.82, 2.24) is 25.5 Å². The number of nitrogens with one attached hydrogen (secondary N) is 3. The molecule has 5 rings (SSSR count). The number of thiazole rings is 1. The van der Waals surface area contributed by atoms with Crippen molar-refractivity contribution in [2.75, 3.05) is 19.0 Å². The van der Waals surface area contributed by atoms with Gasteiger partial charge in [0.1, 0.15) is 46.5 Å². The van der Waals surface area contributed by atoms with Gasteiger partial charge in [-0.1, -0.05) is 34.1 Å². The fraction of sp³-hybridized carbons (Fsp3) is 0.579. The molecule has 2 aromatic heterocycles. The van der Waals surface area contributed by atoms with E-state index in [1.807, 2.05) is 32.2 Å². The number of aliphatic carboxylic acids is 1. The van der Waals surface area contributed by atoms with Crippen molar-refractivity contribution in [2.24, 2.45) is 11.3 Å². The molecule has 0 spiro atoms. The van der Waals surface area contributed by atoms with E-state index in [0.717, 1.165) is 5.13 Å². The van der Waals surface area contributed by atoms with Crippen molar-refractivity contribution < 1.29 is 38.5 Å². The number of rotatable bonds is 12. The number of hydrogen-bond donors (Lipinski definition) is 4. The highest BCUT2D eigenvalue weighted by Gasteiger charge is 2.61. The molecule has 2 aliphatic rings. The third kappa shape index (κ3) is 8.94. The predicted molar refractivity (Wildman–Crippen MR) is 202 cm³/mol. The van der Waals surface area contributed by atoms with Crippen LogP contribution in [0.4, 0.5) is 9.93 Å². The standard InChI is InChI=1S/C38H52N6O8S/c1-11-21-17-38(21,33(47)48)43-31(45)28-15-23(18-44(28)32(46)30(36(4,5)6)42-35(49)52-37(7,8)9)51-29-16-26(27-19-53-34(41-27)39-20(2)3)40-25-14-22(50-10)12-13-24(25)29/h12-14,16,19-21,23,28,30H,11,15,17-18H2,1-10H3,(H,39,41)(H,42,49)(H,43,45)(H,47,48). The zero-order valence-electron chi connectivity index (χ0n) is 32.2. The number of carboxylic acids is 1. The summed E-state index contributed by atoms with van der Waals surface area (Å²) in [5.41, 5.74) is -1.19. The summed E-state index contributed by atoms with van der Waals surface area (Å²) in [5.74, 6) is -1.37. The number of hydrogen-bond acceptors (Lipinski definition) is 11. The Hall–Kier alpha value is -4.66. The Kier molecular flexibility index (Phi) is 11.2. The average molecular weight is 753 g/mol. The molecular formula is C38H52N6O8S. The van der Waals surface area contributed by atoms with Gasteiger partial charge in [0, 0.05) is 35.4 Å². The monoisotopic (exact) mass is 752 g/mol. The van der Waals surface area contributed by atoms with Crippen LogP contribution in [0.2, 0.25) is 0 Å². The lowest BCUT2D eigenvalue weighted by Gasteiger charge is -2.35. The van der Waals surface area contributed by atoms with E-state index in [-0.39, 0.29) is 24.9 Å². The van der Waals surface area contributed by atoms with Crippen LogP contribution in [-0.2, 0) is 19.1 Å². The Labute approximate surface area is 314 Å². The molecule has 3 amide bonds. The molecule has 3 aromatic rings. The average Bonchev–Trinajstić information content (AvgIpc) is 3.34. The zero-order chi connectivity index (χ0) is 39.0. The summed E-state index contributed by atoms with van der Waals surface area (Å²) in [5, 5.41) is 22.3. The molecule has 1 saturated heterocycles. The number of carboxylic acid groups (broad SMARTS) is 1. The number of alkyl carbamates (subject to hydrolysis) is 1. The molecule has 2 fully saturated rings. The van der Waals surface area contributed by atoms with Crippen molar-refractivity contribution in [2.45, 2.75) is 117 Å². The van der Waals surface area contributed by atoms with E-state index < -0.39 is 58.6 Å². The van der Waals surface area contributed by atoms with Gasteiger partial charge >= 0.3 is 12.1 Å². The maximum atomic E-state index is 14.5. The van der Waals surface area contributed by atoms with E-state index in [2.05, 4.69) is 16.0 Å². The second kappa shape index (κ2) is 15.0. The SMILES string of the molecule is CCC1CC1(NC(=O)C1CC(Oc2cc(-c3csc(NC(C)C)n3)nc3cc(OC)ccc23)CN1C(=O)C(NC(=O)OC(C)(C)C)C(C)(C)C)C(=O)O. The van der Waals surface area contributed by atoms with Crippen molar-refractivity contribution in [3.8, 4) is 22.9 Å². The van der Waals surface area contributed by atoms with Crippen LogP contribution in [0.15, 0.2) is 29.6 Å². The number of carbonyl (C=O) groups excluding carboxylic acids is 3. The quantitative estimate of drug-likeness (QED) is 0.174. The number of carbonyl (C=O) groups is 4. The molecule has 0 radical (unpaired) electrons. The van der Waals surface area contributed by atoms with Crippen molar-refractivity contribution >= 4 is 51.2 Å². The van der Waals surface area contributed by atoms with Gasteiger partial charge in [0.15, 0.2) is 5.13 Å². The number of likely N-dealkylation sites (tertiary alicyclic amines) is 1. The van der Waals surface area contributed by atoms with Crippen LogP contribution in [0.5, 0.6) is 11.5 Å². The van der Waals surface area contributed by atoms with Crippen LogP contribution >= 0.6 is 11.3 Å². The minimum atomic E-state index is -1.40. The number of methoxy groups -OCH3 is 1. The van der Waals surface area contributed by atoms with Crippen LogP contribution in [0.25, 0.3) is 22.3 Å². The number of ether oxygens (including phenoxy) is 3. The smallest absolute Gasteiger partial charge is 0.408 e. The molecule has 0 bridgehead atoms. The van der Waals surface area contributed by atoms with Crippen LogP contribution in [-0.4, -0.2) is 92.9 Å². The molecule has 53 heavy (non-hydrogen) atoms. The van der Waals surface area contributed by atoms with E-state index in [0.29, 0.717) is 46.6 Å². The number of pyridine rings is 1. The topological polar surface area (TPSA) is 181 Å². The Morgan fingerprint density at radius 2 is 1.79 bits per heavy atom. The second-order valence-electron chi connectivity index (χ2n) is 16.2. The summed E-state index contributed by atoms with van der Waals surface area (Å²) in [6.45, 7) is 16.5. The fourth-order valence-corrected chi connectivity index (χ4v) is 7.48. The molecule has 288 valence electrons. The van der Waals surface area contributed by atoms with E-state index in [1.54, 1.807) is 66.9 Å². The summed E-state index contributed by atoms with van der Waals surface area (Å²) in [6, 6.07) is 5.26. The Bertz CT molecular complexity index is 1870. The Balaban J connectivity index is 1.51. The second-order valence-corrected chi connectivity index (χ2v) is 17.1. The lowest BCUT2D eigenvalue weighted by molar-refractivity contribution is -0.146. The molecule has 5 unspecified atom stereocenters. The highest BCUT2D eigenvalue weighted by molar-refractivity contribution is 7.14. The molecule has 1 aliphatic carbocycles. The van der Waals surface area contributed by atoms with Crippen molar-refractivity contribution in [1.29, 1.82) is 0 Å². The largest absolute Gasteiger partial charge is 0.497 e. The minimum absolute atomic E-state index is 0.00869. The normalized spacial score (nSPS) is 21.9. The highest BCUT2D eigenvalue weighted by Crippen LogP contribution is 2.46. The molecule has 3 heterocycles. The molecule has 5 atom stereocenters. The summed E-state index contributed by atoms with van der Waals surface area (Å²) in [6.07, 6.45) is -0.508. The summed E-state index contributed by atoms with van der Waals surface area (Å²) in [7, 11) is 1.57. The van der Waals surface area contributed by atoms with Gasteiger partial charge in [-0.05, 0) is 64.5 Å². The number of amides is 3. The molecule has 4 N–H and O–H groups in total. The zero-order valence-corrected chi connectivity index (χ0v) is 33.0. The fourth-order valence-electron chi connectivity index (χ4n) is 6.63. The van der Waals surface area contributed by atoms with Crippen LogP contribution in [0.3, 0.4) is 0 Å². The first-order chi connectivity index (χ1) is 24.7. The first-order valence-electron chi connectivity index (χ1n) is 18.0. The first-order valence-corrected chi connectivity index (χ1v) is 18.9. The van der Waals surface area contributed by atoms with Gasteiger partial charge in [0.25, 0.3) is 0 Å². The first kappa shape index (κ1) is 39.5. The third-order valence-corrected chi connectivity index (χ3v) is 10.2. The molecule has 1 aromatic carbocycles. The number of fused-ring (bicyclic) bond motifs is 1. The van der Waals surface area contributed by atoms with E-state index >= 15 is 0 Å². The van der Waals surface area contributed by atoms with Gasteiger partial charge in [0.2, 0.25) is 11.8 Å². The Morgan fingerprint density at radius 1 is 1.08 bits per heavy atom. The molecule has 14 nitrogen and oxygen atoms in total. The van der Waals surface area contributed by atoms with Crippen molar-refractivity contribution in [3.05, 3.63) is 29.6 Å². The van der Waals surface area contributed by atoms with E-state index in [1.165, 1.54) is 16.2 Å². The van der Waals surface area contributed by atoms with Crippen molar-refractivity contribution in [3.63, 3.8) is 0 Å². The van der Waals surface area contributed by atoms with Gasteiger partial charge in [-0.25, -0.2) is 19.6 Å². The van der Waals surface area contributed by atoms with Gasteiger partial charge < -0.3 is 40.2 Å². The highest BCUT2D eigenvalue weighted by atomic mass is 32.1. The van der Waals surface area contributed by atoms with E-state index in [9.17, 15) is 24.3 Å². The van der Waals surface area contributed by atoms with Gasteiger partial charge in [0.05, 0.1) is 24.9 Å². The van der Waals surface area contributed by atoms with Gasteiger partial charge in [-0.2, -0.15) is 0 Å². The van der Waals surface area contributed by atoms with Crippen LogP contribution < -0.4 is 25.4 Å². The number of anilines is 1. The lowest BCUT2D eigenvalue weighted by atomic mass is 9.85. The predicted octanol–water partition coefficient (Wildman–Crippen LogP) is 5.84. The molecular weight excluding hydrogens is 701 g/mol. The van der Waals surface area contributed by atoms with Gasteiger partial charge in [-0.3, -0.25) is 9.59 Å². The molecule has 1 aliphatic heterocycles. The van der Waals surface area contributed by atoms with Crippen LogP contribution in [0.1, 0.15) is 81.6 Å². The van der Waals surface area contributed by atoms with Gasteiger partial charge in [-0.15, -0.1) is 11.3 Å².